The predicted molar refractivity (Wildman–Crippen MR) is 63.7 cm³/mol. The third-order valence-corrected chi connectivity index (χ3v) is 2.58. The van der Waals surface area contributed by atoms with E-state index in [0.717, 1.165) is 12.8 Å². The van der Waals surface area contributed by atoms with Crippen molar-refractivity contribution in [2.75, 3.05) is 0 Å². The smallest absolute Gasteiger partial charge is 0.165 e. The van der Waals surface area contributed by atoms with E-state index in [1.54, 1.807) is 6.08 Å². The van der Waals surface area contributed by atoms with Gasteiger partial charge in [-0.05, 0) is 18.3 Å². The number of aliphatic hydroxyl groups is 1. The van der Waals surface area contributed by atoms with Crippen LogP contribution in [0.1, 0.15) is 47.0 Å². The standard InChI is InChI=1S/C13H24O2/c1-6-8-10(9-7-2)11(14)12(15)13(3,4)5/h6,10,12,15H,1,7-9H2,2-5H3/t10-,12+/m0/s1. The van der Waals surface area contributed by atoms with Crippen molar-refractivity contribution in [1.29, 1.82) is 0 Å². The first kappa shape index (κ1) is 14.4. The van der Waals surface area contributed by atoms with E-state index in [4.69, 9.17) is 0 Å². The first-order valence-corrected chi connectivity index (χ1v) is 5.67. The van der Waals surface area contributed by atoms with E-state index in [1.165, 1.54) is 0 Å². The largest absolute Gasteiger partial charge is 0.385 e. The van der Waals surface area contributed by atoms with Crippen LogP contribution < -0.4 is 0 Å². The second kappa shape index (κ2) is 6.06. The summed E-state index contributed by atoms with van der Waals surface area (Å²) in [6, 6.07) is 0. The number of hydrogen-bond acceptors (Lipinski definition) is 2. The Labute approximate surface area is 93.4 Å². The molecule has 2 heteroatoms. The van der Waals surface area contributed by atoms with Crippen molar-refractivity contribution in [1.82, 2.24) is 0 Å². The van der Waals surface area contributed by atoms with Gasteiger partial charge in [-0.3, -0.25) is 4.79 Å². The molecule has 0 aliphatic rings. The first-order valence-electron chi connectivity index (χ1n) is 5.67. The van der Waals surface area contributed by atoms with Crippen LogP contribution in [0.3, 0.4) is 0 Å². The molecule has 0 radical (unpaired) electrons. The molecule has 0 aliphatic carbocycles. The Morgan fingerprint density at radius 1 is 1.47 bits per heavy atom. The summed E-state index contributed by atoms with van der Waals surface area (Å²) in [6.07, 6.45) is 3.35. The van der Waals surface area contributed by atoms with Crippen LogP contribution in [0.5, 0.6) is 0 Å². The van der Waals surface area contributed by atoms with Gasteiger partial charge >= 0.3 is 0 Å². The summed E-state index contributed by atoms with van der Waals surface area (Å²) < 4.78 is 0. The zero-order chi connectivity index (χ0) is 12.1. The van der Waals surface area contributed by atoms with Crippen molar-refractivity contribution in [2.24, 2.45) is 11.3 Å². The zero-order valence-electron chi connectivity index (χ0n) is 10.4. The van der Waals surface area contributed by atoms with E-state index in [1.807, 2.05) is 27.7 Å². The SMILES string of the molecule is C=CC[C@@H](CCC)C(=O)[C@@H](O)C(C)(C)C. The third-order valence-electron chi connectivity index (χ3n) is 2.58. The van der Waals surface area contributed by atoms with Crippen molar-refractivity contribution in [2.45, 2.75) is 53.1 Å². The molecule has 0 bridgehead atoms. The molecule has 0 aromatic rings. The van der Waals surface area contributed by atoms with Gasteiger partial charge in [-0.2, -0.15) is 0 Å². The highest BCUT2D eigenvalue weighted by atomic mass is 16.3. The maximum absolute atomic E-state index is 12.0. The van der Waals surface area contributed by atoms with Crippen molar-refractivity contribution >= 4 is 5.78 Å². The number of carbonyl (C=O) groups is 1. The summed E-state index contributed by atoms with van der Waals surface area (Å²) in [5, 5.41) is 9.89. The zero-order valence-corrected chi connectivity index (χ0v) is 10.4. The highest BCUT2D eigenvalue weighted by Crippen LogP contribution is 2.25. The first-order chi connectivity index (χ1) is 6.84. The predicted octanol–water partition coefficient (Wildman–Crippen LogP) is 2.95. The minimum atomic E-state index is -0.867. The normalized spacial score (nSPS) is 15.8. The van der Waals surface area contributed by atoms with E-state index in [9.17, 15) is 9.90 Å². The van der Waals surface area contributed by atoms with Crippen LogP contribution in [0.2, 0.25) is 0 Å². The Hall–Kier alpha value is -0.630. The quantitative estimate of drug-likeness (QED) is 0.687. The van der Waals surface area contributed by atoms with Gasteiger partial charge in [-0.25, -0.2) is 0 Å². The topological polar surface area (TPSA) is 37.3 Å². The molecule has 0 unspecified atom stereocenters. The van der Waals surface area contributed by atoms with E-state index in [0.29, 0.717) is 6.42 Å². The van der Waals surface area contributed by atoms with E-state index in [-0.39, 0.29) is 17.1 Å². The van der Waals surface area contributed by atoms with E-state index >= 15 is 0 Å². The summed E-state index contributed by atoms with van der Waals surface area (Å²) in [5.74, 6) is -0.106. The van der Waals surface area contributed by atoms with Gasteiger partial charge in [-0.15, -0.1) is 6.58 Å². The second-order valence-corrected chi connectivity index (χ2v) is 5.18. The number of aliphatic hydroxyl groups excluding tert-OH is 1. The Morgan fingerprint density at radius 2 is 2.00 bits per heavy atom. The van der Waals surface area contributed by atoms with Crippen LogP contribution >= 0.6 is 0 Å². The fraction of sp³-hybridized carbons (Fsp3) is 0.769. The molecular weight excluding hydrogens is 188 g/mol. The fourth-order valence-corrected chi connectivity index (χ4v) is 1.58. The summed E-state index contributed by atoms with van der Waals surface area (Å²) in [7, 11) is 0. The molecule has 0 aromatic heterocycles. The molecule has 2 atom stereocenters. The Balaban J connectivity index is 4.55. The number of Topliss-reactive ketones (excluding diaryl/α,β-unsaturated/α-hetero) is 1. The van der Waals surface area contributed by atoms with Crippen LogP contribution in [0.25, 0.3) is 0 Å². The van der Waals surface area contributed by atoms with Crippen LogP contribution in [-0.2, 0) is 4.79 Å². The molecule has 0 aliphatic heterocycles. The molecule has 0 aromatic carbocycles. The molecule has 1 N–H and O–H groups in total. The minimum absolute atomic E-state index is 0.0377. The lowest BCUT2D eigenvalue weighted by Gasteiger charge is -2.27. The average Bonchev–Trinajstić information content (AvgIpc) is 2.14. The number of ketones is 1. The molecule has 0 saturated heterocycles. The second-order valence-electron chi connectivity index (χ2n) is 5.18. The van der Waals surface area contributed by atoms with Crippen LogP contribution in [0.15, 0.2) is 12.7 Å². The molecule has 0 spiro atoms. The molecule has 15 heavy (non-hydrogen) atoms. The maximum Gasteiger partial charge on any atom is 0.165 e. The molecule has 0 rings (SSSR count). The third kappa shape index (κ3) is 4.61. The lowest BCUT2D eigenvalue weighted by atomic mass is 9.80. The summed E-state index contributed by atoms with van der Waals surface area (Å²) in [4.78, 5) is 12.0. The molecule has 0 heterocycles. The number of carbonyl (C=O) groups excluding carboxylic acids is 1. The number of hydrogen-bond donors (Lipinski definition) is 1. The van der Waals surface area contributed by atoms with E-state index < -0.39 is 6.10 Å². The Kier molecular flexibility index (Phi) is 5.81. The van der Waals surface area contributed by atoms with Crippen molar-refractivity contribution in [3.05, 3.63) is 12.7 Å². The monoisotopic (exact) mass is 212 g/mol. The molecule has 0 fully saturated rings. The van der Waals surface area contributed by atoms with Crippen molar-refractivity contribution < 1.29 is 9.90 Å². The van der Waals surface area contributed by atoms with Gasteiger partial charge < -0.3 is 5.11 Å². The maximum atomic E-state index is 12.0. The van der Waals surface area contributed by atoms with Gasteiger partial charge in [-0.1, -0.05) is 40.2 Å². The lowest BCUT2D eigenvalue weighted by molar-refractivity contribution is -0.136. The van der Waals surface area contributed by atoms with Crippen LogP contribution in [0.4, 0.5) is 0 Å². The highest BCUT2D eigenvalue weighted by molar-refractivity contribution is 5.86. The minimum Gasteiger partial charge on any atom is -0.385 e. The molecular formula is C13H24O2. The average molecular weight is 212 g/mol. The molecule has 0 amide bonds. The van der Waals surface area contributed by atoms with Crippen molar-refractivity contribution in [3.8, 4) is 0 Å². The molecule has 88 valence electrons. The van der Waals surface area contributed by atoms with Gasteiger partial charge in [0.05, 0.1) is 0 Å². The Morgan fingerprint density at radius 3 is 2.33 bits per heavy atom. The van der Waals surface area contributed by atoms with Gasteiger partial charge in [0, 0.05) is 5.92 Å². The van der Waals surface area contributed by atoms with Crippen LogP contribution in [-0.4, -0.2) is 17.0 Å². The summed E-state index contributed by atoms with van der Waals surface area (Å²) in [5.41, 5.74) is -0.371. The van der Waals surface area contributed by atoms with E-state index in [2.05, 4.69) is 6.58 Å². The van der Waals surface area contributed by atoms with Crippen LogP contribution in [0, 0.1) is 11.3 Å². The van der Waals surface area contributed by atoms with Gasteiger partial charge in [0.2, 0.25) is 0 Å². The molecule has 2 nitrogen and oxygen atoms in total. The fourth-order valence-electron chi connectivity index (χ4n) is 1.58. The number of allylic oxidation sites excluding steroid dienone is 1. The van der Waals surface area contributed by atoms with Gasteiger partial charge in [0.25, 0.3) is 0 Å². The Bertz CT molecular complexity index is 213. The number of rotatable bonds is 6. The lowest BCUT2D eigenvalue weighted by Crippen LogP contribution is -2.38. The molecule has 0 saturated carbocycles. The van der Waals surface area contributed by atoms with Gasteiger partial charge in [0.1, 0.15) is 6.10 Å². The summed E-state index contributed by atoms with van der Waals surface area (Å²) >= 11 is 0. The van der Waals surface area contributed by atoms with Crippen molar-refractivity contribution in [3.63, 3.8) is 0 Å². The van der Waals surface area contributed by atoms with Gasteiger partial charge in [0.15, 0.2) is 5.78 Å². The summed E-state index contributed by atoms with van der Waals surface area (Å²) in [6.45, 7) is 11.3. The highest BCUT2D eigenvalue weighted by Gasteiger charge is 2.32.